The van der Waals surface area contributed by atoms with Gasteiger partial charge in [0.15, 0.2) is 0 Å². The molecule has 3 heterocycles. The van der Waals surface area contributed by atoms with E-state index in [4.69, 9.17) is 4.74 Å². The number of benzene rings is 2. The van der Waals surface area contributed by atoms with Gasteiger partial charge in [0.25, 0.3) is 0 Å². The summed E-state index contributed by atoms with van der Waals surface area (Å²) >= 11 is 0. The number of carbonyl (C=O) groups is 1. The molecule has 2 aromatic heterocycles. The average molecular weight is 401 g/mol. The molecule has 0 unspecified atom stereocenters. The minimum Gasteiger partial charge on any atom is -0.378 e. The third kappa shape index (κ3) is 3.06. The Hall–Kier alpha value is -3.51. The standard InChI is InChI=1S/C24H20FN3O2/c1-16-12-22-26-10-11-28(22)13-21(16)17-2-4-18(5-3-17)24(14-30-15-24)23(29)27-20-8-6-19(25)7-9-20/h2-13H,14-15H2,1H3,(H,27,29). The lowest BCUT2D eigenvalue weighted by molar-refractivity contribution is -0.139. The molecule has 4 aromatic rings. The summed E-state index contributed by atoms with van der Waals surface area (Å²) in [6.07, 6.45) is 5.77. The van der Waals surface area contributed by atoms with Crippen molar-refractivity contribution >= 4 is 17.2 Å². The number of pyridine rings is 1. The Morgan fingerprint density at radius 1 is 1.13 bits per heavy atom. The summed E-state index contributed by atoms with van der Waals surface area (Å²) < 4.78 is 20.5. The monoisotopic (exact) mass is 401 g/mol. The number of imidazole rings is 1. The Balaban J connectivity index is 1.43. The molecule has 1 aliphatic rings. The second-order valence-corrected chi connectivity index (χ2v) is 7.68. The zero-order valence-corrected chi connectivity index (χ0v) is 16.4. The van der Waals surface area contributed by atoms with Gasteiger partial charge < -0.3 is 14.5 Å². The number of ether oxygens (including phenoxy) is 1. The molecule has 0 bridgehead atoms. The molecule has 1 aliphatic heterocycles. The summed E-state index contributed by atoms with van der Waals surface area (Å²) in [6, 6.07) is 15.9. The van der Waals surface area contributed by atoms with Crippen molar-refractivity contribution in [2.75, 3.05) is 18.5 Å². The van der Waals surface area contributed by atoms with Gasteiger partial charge in [-0.25, -0.2) is 9.37 Å². The smallest absolute Gasteiger partial charge is 0.239 e. The number of nitrogens with one attached hydrogen (secondary N) is 1. The fourth-order valence-electron chi connectivity index (χ4n) is 3.85. The molecule has 1 N–H and O–H groups in total. The molecule has 0 radical (unpaired) electrons. The van der Waals surface area contributed by atoms with E-state index in [2.05, 4.69) is 29.5 Å². The fraction of sp³-hybridized carbons (Fsp3) is 0.167. The van der Waals surface area contributed by atoms with Gasteiger partial charge in [0.2, 0.25) is 5.91 Å². The average Bonchev–Trinajstić information content (AvgIpc) is 3.16. The summed E-state index contributed by atoms with van der Waals surface area (Å²) in [6.45, 7) is 2.70. The van der Waals surface area contributed by atoms with Crippen molar-refractivity contribution in [2.24, 2.45) is 0 Å². The number of amides is 1. The van der Waals surface area contributed by atoms with Crippen LogP contribution in [0.1, 0.15) is 11.1 Å². The van der Waals surface area contributed by atoms with E-state index in [1.165, 1.54) is 12.1 Å². The molecule has 1 saturated heterocycles. The minimum atomic E-state index is -0.740. The van der Waals surface area contributed by atoms with E-state index in [1.807, 2.05) is 34.9 Å². The molecule has 5 nitrogen and oxygen atoms in total. The van der Waals surface area contributed by atoms with Crippen LogP contribution in [0.25, 0.3) is 16.8 Å². The third-order valence-corrected chi connectivity index (χ3v) is 5.72. The number of aromatic nitrogens is 2. The molecule has 0 spiro atoms. The van der Waals surface area contributed by atoms with E-state index in [0.717, 1.165) is 27.9 Å². The van der Waals surface area contributed by atoms with Crippen LogP contribution in [0.2, 0.25) is 0 Å². The van der Waals surface area contributed by atoms with Crippen LogP contribution in [0.4, 0.5) is 10.1 Å². The molecule has 5 rings (SSSR count). The summed E-state index contributed by atoms with van der Waals surface area (Å²) in [5.74, 6) is -0.487. The van der Waals surface area contributed by atoms with Crippen molar-refractivity contribution in [3.8, 4) is 11.1 Å². The largest absolute Gasteiger partial charge is 0.378 e. The van der Waals surface area contributed by atoms with Gasteiger partial charge in [0, 0.05) is 29.8 Å². The van der Waals surface area contributed by atoms with Gasteiger partial charge in [0.05, 0.1) is 13.2 Å². The summed E-state index contributed by atoms with van der Waals surface area (Å²) in [4.78, 5) is 17.4. The van der Waals surface area contributed by atoms with Crippen molar-refractivity contribution in [3.05, 3.63) is 90.1 Å². The summed E-state index contributed by atoms with van der Waals surface area (Å²) in [5, 5.41) is 2.89. The van der Waals surface area contributed by atoms with Crippen molar-refractivity contribution in [1.29, 1.82) is 0 Å². The van der Waals surface area contributed by atoms with E-state index in [9.17, 15) is 9.18 Å². The molecule has 150 valence electrons. The second kappa shape index (κ2) is 7.07. The zero-order chi connectivity index (χ0) is 20.7. The Labute approximate surface area is 173 Å². The Morgan fingerprint density at radius 3 is 2.53 bits per heavy atom. The Bertz CT molecular complexity index is 1230. The number of carbonyl (C=O) groups excluding carboxylic acids is 1. The van der Waals surface area contributed by atoms with Crippen molar-refractivity contribution in [1.82, 2.24) is 9.38 Å². The van der Waals surface area contributed by atoms with Gasteiger partial charge in [-0.15, -0.1) is 0 Å². The number of hydrogen-bond donors (Lipinski definition) is 1. The first-order valence-corrected chi connectivity index (χ1v) is 9.74. The minimum absolute atomic E-state index is 0.149. The van der Waals surface area contributed by atoms with Gasteiger partial charge in [0.1, 0.15) is 16.9 Å². The van der Waals surface area contributed by atoms with E-state index in [-0.39, 0.29) is 11.7 Å². The van der Waals surface area contributed by atoms with E-state index >= 15 is 0 Å². The molecule has 0 aliphatic carbocycles. The first kappa shape index (κ1) is 18.5. The van der Waals surface area contributed by atoms with Crippen LogP contribution in [0.15, 0.2) is 73.2 Å². The van der Waals surface area contributed by atoms with Crippen LogP contribution in [-0.2, 0) is 14.9 Å². The van der Waals surface area contributed by atoms with Crippen LogP contribution < -0.4 is 5.32 Å². The van der Waals surface area contributed by atoms with Crippen molar-refractivity contribution < 1.29 is 13.9 Å². The lowest BCUT2D eigenvalue weighted by atomic mass is 9.77. The Kier molecular flexibility index (Phi) is 4.37. The number of halogens is 1. The van der Waals surface area contributed by atoms with E-state index < -0.39 is 5.41 Å². The van der Waals surface area contributed by atoms with Gasteiger partial charge in [-0.05, 0) is 53.9 Å². The fourth-order valence-corrected chi connectivity index (χ4v) is 3.85. The van der Waals surface area contributed by atoms with Crippen molar-refractivity contribution in [2.45, 2.75) is 12.3 Å². The van der Waals surface area contributed by atoms with E-state index in [0.29, 0.717) is 18.9 Å². The molecule has 6 heteroatoms. The summed E-state index contributed by atoms with van der Waals surface area (Å²) in [5.41, 5.74) is 4.96. The number of nitrogens with zero attached hydrogens (tertiary/aromatic N) is 2. The predicted octanol–water partition coefficient (Wildman–Crippen LogP) is 4.36. The molecular weight excluding hydrogens is 381 g/mol. The normalized spacial score (nSPS) is 15.0. The van der Waals surface area contributed by atoms with Crippen LogP contribution >= 0.6 is 0 Å². The van der Waals surface area contributed by atoms with Crippen LogP contribution in [0.3, 0.4) is 0 Å². The predicted molar refractivity (Wildman–Crippen MR) is 113 cm³/mol. The SMILES string of the molecule is Cc1cc2nccn2cc1-c1ccc(C2(C(=O)Nc3ccc(F)cc3)COC2)cc1. The van der Waals surface area contributed by atoms with Crippen LogP contribution in [-0.4, -0.2) is 28.5 Å². The lowest BCUT2D eigenvalue weighted by Crippen LogP contribution is -2.55. The third-order valence-electron chi connectivity index (χ3n) is 5.72. The van der Waals surface area contributed by atoms with Crippen molar-refractivity contribution in [3.63, 3.8) is 0 Å². The first-order valence-electron chi connectivity index (χ1n) is 9.74. The number of hydrogen-bond acceptors (Lipinski definition) is 3. The lowest BCUT2D eigenvalue weighted by Gasteiger charge is -2.40. The molecular formula is C24H20FN3O2. The maximum Gasteiger partial charge on any atom is 0.239 e. The number of anilines is 1. The molecule has 1 fully saturated rings. The number of fused-ring (bicyclic) bond motifs is 1. The first-order chi connectivity index (χ1) is 14.5. The van der Waals surface area contributed by atoms with E-state index in [1.54, 1.807) is 18.3 Å². The topological polar surface area (TPSA) is 55.6 Å². The Morgan fingerprint density at radius 2 is 1.87 bits per heavy atom. The van der Waals surface area contributed by atoms with Gasteiger partial charge in [-0.1, -0.05) is 24.3 Å². The number of aryl methyl sites for hydroxylation is 1. The van der Waals surface area contributed by atoms with Gasteiger partial charge in [-0.3, -0.25) is 4.79 Å². The van der Waals surface area contributed by atoms with Crippen LogP contribution in [0.5, 0.6) is 0 Å². The highest BCUT2D eigenvalue weighted by Crippen LogP contribution is 2.35. The zero-order valence-electron chi connectivity index (χ0n) is 16.4. The second-order valence-electron chi connectivity index (χ2n) is 7.68. The summed E-state index contributed by atoms with van der Waals surface area (Å²) in [7, 11) is 0. The maximum absolute atomic E-state index is 13.1. The molecule has 2 aromatic carbocycles. The molecule has 1 amide bonds. The van der Waals surface area contributed by atoms with Crippen LogP contribution in [0, 0.1) is 12.7 Å². The highest BCUT2D eigenvalue weighted by atomic mass is 19.1. The molecule has 0 atom stereocenters. The number of rotatable bonds is 4. The molecule has 0 saturated carbocycles. The van der Waals surface area contributed by atoms with Gasteiger partial charge in [-0.2, -0.15) is 0 Å². The highest BCUT2D eigenvalue weighted by Gasteiger charge is 2.47. The highest BCUT2D eigenvalue weighted by molar-refractivity contribution is 6.00. The molecule has 30 heavy (non-hydrogen) atoms. The van der Waals surface area contributed by atoms with Gasteiger partial charge >= 0.3 is 0 Å². The quantitative estimate of drug-likeness (QED) is 0.553. The maximum atomic E-state index is 13.1.